The smallest absolute Gasteiger partial charge is 0.123 e. The van der Waals surface area contributed by atoms with E-state index in [-0.39, 0.29) is 18.0 Å². The minimum Gasteiger partial charge on any atom is -0.375 e. The fourth-order valence-electron chi connectivity index (χ4n) is 2.46. The highest BCUT2D eigenvalue weighted by Gasteiger charge is 2.14. The first-order valence-electron chi connectivity index (χ1n) is 7.41. The summed E-state index contributed by atoms with van der Waals surface area (Å²) in [5.74, 6) is -0.213. The molecule has 0 heterocycles. The van der Waals surface area contributed by atoms with Crippen LogP contribution in [0.3, 0.4) is 0 Å². The van der Waals surface area contributed by atoms with Gasteiger partial charge in [-0.1, -0.05) is 42.8 Å². The molecule has 0 saturated heterocycles. The molecule has 0 saturated carbocycles. The van der Waals surface area contributed by atoms with Gasteiger partial charge in [0, 0.05) is 24.7 Å². The van der Waals surface area contributed by atoms with E-state index in [1.807, 2.05) is 36.4 Å². The molecule has 2 nitrogen and oxygen atoms in total. The Kier molecular flexibility index (Phi) is 6.37. The van der Waals surface area contributed by atoms with Gasteiger partial charge in [0.25, 0.3) is 0 Å². The zero-order valence-corrected chi connectivity index (χ0v) is 13.6. The predicted octanol–water partition coefficient (Wildman–Crippen LogP) is 4.91. The summed E-state index contributed by atoms with van der Waals surface area (Å²) < 4.78 is 18.6. The van der Waals surface area contributed by atoms with Gasteiger partial charge in [0.15, 0.2) is 0 Å². The fraction of sp³-hybridized carbons (Fsp3) is 0.333. The number of methoxy groups -OCH3 is 1. The van der Waals surface area contributed by atoms with Gasteiger partial charge in [-0.25, -0.2) is 4.39 Å². The lowest BCUT2D eigenvalue weighted by molar-refractivity contribution is 0.0991. The number of hydrogen-bond donors (Lipinski definition) is 1. The van der Waals surface area contributed by atoms with Gasteiger partial charge >= 0.3 is 0 Å². The highest BCUT2D eigenvalue weighted by atomic mass is 35.5. The number of rotatable bonds is 7. The van der Waals surface area contributed by atoms with Gasteiger partial charge < -0.3 is 10.1 Å². The van der Waals surface area contributed by atoms with Crippen molar-refractivity contribution in [1.82, 2.24) is 5.32 Å². The molecular weight excluding hydrogens is 301 g/mol. The topological polar surface area (TPSA) is 21.3 Å². The minimum atomic E-state index is -0.213. The average Bonchev–Trinajstić information content (AvgIpc) is 2.54. The van der Waals surface area contributed by atoms with E-state index in [4.69, 9.17) is 16.3 Å². The van der Waals surface area contributed by atoms with E-state index in [2.05, 4.69) is 12.2 Å². The first-order chi connectivity index (χ1) is 10.6. The van der Waals surface area contributed by atoms with E-state index >= 15 is 0 Å². The molecule has 0 bridgehead atoms. The molecular formula is C18H21ClFNO. The summed E-state index contributed by atoms with van der Waals surface area (Å²) in [6.07, 6.45) is 0.870. The second kappa shape index (κ2) is 8.28. The van der Waals surface area contributed by atoms with E-state index in [9.17, 15) is 4.39 Å². The highest BCUT2D eigenvalue weighted by molar-refractivity contribution is 6.30. The molecule has 22 heavy (non-hydrogen) atoms. The van der Waals surface area contributed by atoms with Crippen LogP contribution in [0.1, 0.15) is 36.6 Å². The van der Waals surface area contributed by atoms with Crippen molar-refractivity contribution < 1.29 is 9.13 Å². The van der Waals surface area contributed by atoms with Gasteiger partial charge in [-0.2, -0.15) is 0 Å². The molecule has 2 aromatic carbocycles. The molecule has 0 radical (unpaired) electrons. The maximum Gasteiger partial charge on any atom is 0.123 e. The summed E-state index contributed by atoms with van der Waals surface area (Å²) in [6.45, 7) is 2.78. The number of halogens is 2. The van der Waals surface area contributed by atoms with Gasteiger partial charge in [0.1, 0.15) is 5.82 Å². The van der Waals surface area contributed by atoms with Crippen LogP contribution in [0.5, 0.6) is 0 Å². The van der Waals surface area contributed by atoms with Crippen molar-refractivity contribution in [1.29, 1.82) is 0 Å². The summed E-state index contributed by atoms with van der Waals surface area (Å²) in [7, 11) is 1.69. The Morgan fingerprint density at radius 3 is 2.18 bits per heavy atom. The molecule has 0 aromatic heterocycles. The molecule has 1 unspecified atom stereocenters. The van der Waals surface area contributed by atoms with Crippen LogP contribution in [0.25, 0.3) is 0 Å². The number of hydrogen-bond acceptors (Lipinski definition) is 2. The van der Waals surface area contributed by atoms with Crippen LogP contribution in [0.2, 0.25) is 5.02 Å². The van der Waals surface area contributed by atoms with E-state index in [1.54, 1.807) is 7.11 Å². The molecule has 1 N–H and O–H groups in total. The number of benzene rings is 2. The predicted molar refractivity (Wildman–Crippen MR) is 88.6 cm³/mol. The average molecular weight is 322 g/mol. The Morgan fingerprint density at radius 2 is 1.64 bits per heavy atom. The summed E-state index contributed by atoms with van der Waals surface area (Å²) >= 11 is 5.92. The van der Waals surface area contributed by atoms with Crippen LogP contribution >= 0.6 is 11.6 Å². The van der Waals surface area contributed by atoms with Crippen molar-refractivity contribution >= 4 is 11.6 Å². The van der Waals surface area contributed by atoms with Crippen molar-refractivity contribution in [2.24, 2.45) is 0 Å². The summed E-state index contributed by atoms with van der Waals surface area (Å²) in [5.41, 5.74) is 2.16. The highest BCUT2D eigenvalue weighted by Crippen LogP contribution is 2.22. The maximum atomic E-state index is 13.0. The minimum absolute atomic E-state index is 0.0493. The van der Waals surface area contributed by atoms with Gasteiger partial charge in [-0.05, 0) is 41.8 Å². The van der Waals surface area contributed by atoms with E-state index in [0.717, 1.165) is 17.5 Å². The lowest BCUT2D eigenvalue weighted by Gasteiger charge is -2.22. The Hall–Kier alpha value is -1.42. The Labute approximate surface area is 136 Å². The number of nitrogens with one attached hydrogen (secondary N) is 1. The molecule has 0 fully saturated rings. The molecule has 0 amide bonds. The van der Waals surface area contributed by atoms with E-state index < -0.39 is 0 Å². The molecule has 2 aromatic rings. The van der Waals surface area contributed by atoms with Crippen molar-refractivity contribution in [3.63, 3.8) is 0 Å². The molecule has 0 spiro atoms. The second-order valence-electron chi connectivity index (χ2n) is 5.20. The molecule has 0 aliphatic carbocycles. The molecule has 118 valence electrons. The largest absolute Gasteiger partial charge is 0.375 e. The SMILES string of the molecule is CC[C@@H](NCC(OC)c1ccc(Cl)cc1)c1ccc(F)cc1. The fourth-order valence-corrected chi connectivity index (χ4v) is 2.58. The quantitative estimate of drug-likeness (QED) is 0.782. The van der Waals surface area contributed by atoms with Crippen LogP contribution in [-0.4, -0.2) is 13.7 Å². The second-order valence-corrected chi connectivity index (χ2v) is 5.63. The monoisotopic (exact) mass is 321 g/mol. The van der Waals surface area contributed by atoms with Crippen LogP contribution in [0.15, 0.2) is 48.5 Å². The number of ether oxygens (including phenoxy) is 1. The summed E-state index contributed by atoms with van der Waals surface area (Å²) in [5, 5.41) is 4.20. The standard InChI is InChI=1S/C18H21ClFNO/c1-3-17(13-6-10-16(20)11-7-13)21-12-18(22-2)14-4-8-15(19)9-5-14/h4-11,17-18,21H,3,12H2,1-2H3/t17-,18?/m1/s1. The summed E-state index contributed by atoms with van der Waals surface area (Å²) in [6, 6.07) is 14.5. The van der Waals surface area contributed by atoms with E-state index in [0.29, 0.717) is 11.6 Å². The lowest BCUT2D eigenvalue weighted by atomic mass is 10.0. The van der Waals surface area contributed by atoms with Crippen molar-refractivity contribution in [3.05, 3.63) is 70.5 Å². The third-order valence-electron chi connectivity index (χ3n) is 3.76. The lowest BCUT2D eigenvalue weighted by Crippen LogP contribution is -2.27. The van der Waals surface area contributed by atoms with Crippen LogP contribution in [0.4, 0.5) is 4.39 Å². The van der Waals surface area contributed by atoms with Gasteiger partial charge in [0.2, 0.25) is 0 Å². The van der Waals surface area contributed by atoms with Gasteiger partial charge in [-0.15, -0.1) is 0 Å². The van der Waals surface area contributed by atoms with Crippen LogP contribution in [0, 0.1) is 5.82 Å². The zero-order valence-electron chi connectivity index (χ0n) is 12.9. The van der Waals surface area contributed by atoms with Gasteiger partial charge in [0.05, 0.1) is 6.10 Å². The third kappa shape index (κ3) is 4.54. The Balaban J connectivity index is 2.01. The van der Waals surface area contributed by atoms with Crippen LogP contribution < -0.4 is 5.32 Å². The molecule has 4 heteroatoms. The Bertz CT molecular complexity index is 517. The van der Waals surface area contributed by atoms with Gasteiger partial charge in [-0.3, -0.25) is 0 Å². The third-order valence-corrected chi connectivity index (χ3v) is 4.01. The maximum absolute atomic E-state index is 13.0. The normalized spacial score (nSPS) is 13.8. The Morgan fingerprint density at radius 1 is 1.05 bits per heavy atom. The molecule has 0 aliphatic heterocycles. The molecule has 2 rings (SSSR count). The van der Waals surface area contributed by atoms with Crippen molar-refractivity contribution in [2.45, 2.75) is 25.5 Å². The summed E-state index contributed by atoms with van der Waals surface area (Å²) in [4.78, 5) is 0. The zero-order chi connectivity index (χ0) is 15.9. The first kappa shape index (κ1) is 16.9. The molecule has 2 atom stereocenters. The van der Waals surface area contributed by atoms with Crippen molar-refractivity contribution in [2.75, 3.05) is 13.7 Å². The van der Waals surface area contributed by atoms with Crippen molar-refractivity contribution in [3.8, 4) is 0 Å². The molecule has 0 aliphatic rings. The first-order valence-corrected chi connectivity index (χ1v) is 7.79. The van der Waals surface area contributed by atoms with E-state index in [1.165, 1.54) is 12.1 Å². The van der Waals surface area contributed by atoms with Crippen LogP contribution in [-0.2, 0) is 4.74 Å².